The van der Waals surface area contributed by atoms with Crippen LogP contribution in [0.3, 0.4) is 0 Å². The maximum atomic E-state index is 12.2. The third-order valence-corrected chi connectivity index (χ3v) is 1.88. The van der Waals surface area contributed by atoms with E-state index in [1.807, 2.05) is 0 Å². The molecule has 1 aromatic heterocycles. The quantitative estimate of drug-likeness (QED) is 0.909. The van der Waals surface area contributed by atoms with Crippen molar-refractivity contribution in [3.63, 3.8) is 0 Å². The SMILES string of the molecule is COc1cc(C)c(NC(C)=O)c(OC(F)(F)F)n1. The van der Waals surface area contributed by atoms with Gasteiger partial charge in [0.05, 0.1) is 7.11 Å². The summed E-state index contributed by atoms with van der Waals surface area (Å²) in [5, 5.41) is 2.23. The summed E-state index contributed by atoms with van der Waals surface area (Å²) in [6.45, 7) is 2.67. The number of amides is 1. The smallest absolute Gasteiger partial charge is 0.481 e. The Morgan fingerprint density at radius 2 is 2.06 bits per heavy atom. The second-order valence-corrected chi connectivity index (χ2v) is 3.39. The maximum absolute atomic E-state index is 12.2. The number of carbonyl (C=O) groups excluding carboxylic acids is 1. The molecule has 0 saturated carbocycles. The number of methoxy groups -OCH3 is 1. The highest BCUT2D eigenvalue weighted by Crippen LogP contribution is 2.33. The molecule has 0 aliphatic heterocycles. The van der Waals surface area contributed by atoms with Crippen LogP contribution in [0.2, 0.25) is 0 Å². The molecule has 0 spiro atoms. The van der Waals surface area contributed by atoms with Gasteiger partial charge in [-0.05, 0) is 12.5 Å². The molecule has 100 valence electrons. The fourth-order valence-corrected chi connectivity index (χ4v) is 1.23. The second kappa shape index (κ2) is 5.11. The predicted molar refractivity (Wildman–Crippen MR) is 56.5 cm³/mol. The van der Waals surface area contributed by atoms with E-state index in [9.17, 15) is 18.0 Å². The predicted octanol–water partition coefficient (Wildman–Crippen LogP) is 2.26. The van der Waals surface area contributed by atoms with Crippen LogP contribution in [0.1, 0.15) is 12.5 Å². The van der Waals surface area contributed by atoms with Gasteiger partial charge in [0.2, 0.25) is 17.7 Å². The number of aryl methyl sites for hydroxylation is 1. The molecule has 0 radical (unpaired) electrons. The molecular weight excluding hydrogens is 253 g/mol. The number of hydrogen-bond acceptors (Lipinski definition) is 4. The molecule has 0 unspecified atom stereocenters. The van der Waals surface area contributed by atoms with Crippen LogP contribution in [0.25, 0.3) is 0 Å². The average Bonchev–Trinajstić information content (AvgIpc) is 2.20. The number of hydrogen-bond donors (Lipinski definition) is 1. The van der Waals surface area contributed by atoms with E-state index in [1.54, 1.807) is 0 Å². The number of rotatable bonds is 3. The van der Waals surface area contributed by atoms with E-state index in [0.717, 1.165) is 0 Å². The van der Waals surface area contributed by atoms with E-state index in [0.29, 0.717) is 5.56 Å². The minimum Gasteiger partial charge on any atom is -0.481 e. The lowest BCUT2D eigenvalue weighted by atomic mass is 10.2. The van der Waals surface area contributed by atoms with Gasteiger partial charge in [-0.3, -0.25) is 4.79 Å². The number of ether oxygens (including phenoxy) is 2. The van der Waals surface area contributed by atoms with Crippen molar-refractivity contribution in [3.8, 4) is 11.8 Å². The summed E-state index contributed by atoms with van der Waals surface area (Å²) in [5.74, 6) is -1.33. The Hall–Kier alpha value is -1.99. The first-order chi connectivity index (χ1) is 8.23. The number of aromatic nitrogens is 1. The number of pyridine rings is 1. The Bertz CT molecular complexity index is 460. The van der Waals surface area contributed by atoms with Crippen molar-refractivity contribution < 1.29 is 27.4 Å². The van der Waals surface area contributed by atoms with E-state index < -0.39 is 18.1 Å². The summed E-state index contributed by atoms with van der Waals surface area (Å²) in [6.07, 6.45) is -4.90. The molecule has 0 aliphatic carbocycles. The van der Waals surface area contributed by atoms with Crippen molar-refractivity contribution in [2.45, 2.75) is 20.2 Å². The lowest BCUT2D eigenvalue weighted by Crippen LogP contribution is -2.20. The van der Waals surface area contributed by atoms with Crippen molar-refractivity contribution in [1.29, 1.82) is 0 Å². The average molecular weight is 264 g/mol. The normalized spacial score (nSPS) is 11.0. The molecule has 0 atom stereocenters. The molecule has 1 aromatic rings. The lowest BCUT2D eigenvalue weighted by molar-refractivity contribution is -0.275. The van der Waals surface area contributed by atoms with E-state index in [2.05, 4.69) is 15.0 Å². The summed E-state index contributed by atoms with van der Waals surface area (Å²) in [5.41, 5.74) is 0.205. The first kappa shape index (κ1) is 14.1. The van der Waals surface area contributed by atoms with E-state index >= 15 is 0 Å². The maximum Gasteiger partial charge on any atom is 0.574 e. The highest BCUT2D eigenvalue weighted by Gasteiger charge is 2.33. The third-order valence-electron chi connectivity index (χ3n) is 1.88. The summed E-state index contributed by atoms with van der Waals surface area (Å²) < 4.78 is 45.1. The Morgan fingerprint density at radius 3 is 2.50 bits per heavy atom. The van der Waals surface area contributed by atoms with E-state index in [-0.39, 0.29) is 11.6 Å². The topological polar surface area (TPSA) is 60.5 Å². The summed E-state index contributed by atoms with van der Waals surface area (Å²) >= 11 is 0. The Kier molecular flexibility index (Phi) is 4.00. The van der Waals surface area contributed by atoms with Crippen LogP contribution >= 0.6 is 0 Å². The van der Waals surface area contributed by atoms with Gasteiger partial charge in [-0.25, -0.2) is 0 Å². The zero-order valence-electron chi connectivity index (χ0n) is 9.88. The molecular formula is C10H11F3N2O3. The zero-order valence-corrected chi connectivity index (χ0v) is 9.88. The molecule has 0 bridgehead atoms. The van der Waals surface area contributed by atoms with Crippen LogP contribution in [-0.4, -0.2) is 24.4 Å². The van der Waals surface area contributed by atoms with Gasteiger partial charge in [-0.15, -0.1) is 13.2 Å². The highest BCUT2D eigenvalue weighted by molar-refractivity contribution is 5.91. The van der Waals surface area contributed by atoms with Gasteiger partial charge in [-0.1, -0.05) is 0 Å². The van der Waals surface area contributed by atoms with Crippen LogP contribution in [0.5, 0.6) is 11.8 Å². The molecule has 0 fully saturated rings. The molecule has 0 saturated heterocycles. The molecule has 1 N–H and O–H groups in total. The van der Waals surface area contributed by atoms with Gasteiger partial charge in [0.25, 0.3) is 0 Å². The fraction of sp³-hybridized carbons (Fsp3) is 0.400. The van der Waals surface area contributed by atoms with Gasteiger partial charge >= 0.3 is 6.36 Å². The number of alkyl halides is 3. The van der Waals surface area contributed by atoms with Crippen LogP contribution < -0.4 is 14.8 Å². The number of halogens is 3. The molecule has 1 amide bonds. The number of nitrogens with zero attached hydrogens (tertiary/aromatic N) is 1. The number of nitrogens with one attached hydrogen (secondary N) is 1. The Balaban J connectivity index is 3.24. The van der Waals surface area contributed by atoms with Gasteiger partial charge in [-0.2, -0.15) is 4.98 Å². The zero-order chi connectivity index (χ0) is 13.9. The summed E-state index contributed by atoms with van der Waals surface area (Å²) in [7, 11) is 1.26. The first-order valence-electron chi connectivity index (χ1n) is 4.82. The summed E-state index contributed by atoms with van der Waals surface area (Å²) in [4.78, 5) is 14.4. The standard InChI is InChI=1S/C10H11F3N2O3/c1-5-4-7(17-3)15-9(18-10(11,12)13)8(5)14-6(2)16/h4H,1-3H3,(H,14,16). The van der Waals surface area contributed by atoms with Gasteiger partial charge in [0.1, 0.15) is 5.69 Å². The molecule has 18 heavy (non-hydrogen) atoms. The van der Waals surface area contributed by atoms with Gasteiger partial charge in [0.15, 0.2) is 0 Å². The van der Waals surface area contributed by atoms with Crippen molar-refractivity contribution in [3.05, 3.63) is 11.6 Å². The second-order valence-electron chi connectivity index (χ2n) is 3.39. The van der Waals surface area contributed by atoms with E-state index in [4.69, 9.17) is 4.74 Å². The molecule has 1 rings (SSSR count). The van der Waals surface area contributed by atoms with Crippen molar-refractivity contribution in [1.82, 2.24) is 4.98 Å². The monoisotopic (exact) mass is 264 g/mol. The molecule has 1 heterocycles. The molecule has 0 aliphatic rings. The van der Waals surface area contributed by atoms with E-state index in [1.165, 1.54) is 27.0 Å². The molecule has 5 nitrogen and oxygen atoms in total. The molecule has 8 heteroatoms. The first-order valence-corrected chi connectivity index (χ1v) is 4.82. The third kappa shape index (κ3) is 3.79. The van der Waals surface area contributed by atoms with Crippen LogP contribution in [-0.2, 0) is 4.79 Å². The fourth-order valence-electron chi connectivity index (χ4n) is 1.23. The molecule has 0 aromatic carbocycles. The van der Waals surface area contributed by atoms with Crippen LogP contribution in [0.15, 0.2) is 6.07 Å². The van der Waals surface area contributed by atoms with Gasteiger partial charge in [0, 0.05) is 13.0 Å². The lowest BCUT2D eigenvalue weighted by Gasteiger charge is -2.15. The van der Waals surface area contributed by atoms with Crippen molar-refractivity contribution >= 4 is 11.6 Å². The number of carbonyl (C=O) groups is 1. The minimum atomic E-state index is -4.90. The Labute approximate surface area is 101 Å². The largest absolute Gasteiger partial charge is 0.574 e. The van der Waals surface area contributed by atoms with Gasteiger partial charge < -0.3 is 14.8 Å². The van der Waals surface area contributed by atoms with Crippen molar-refractivity contribution in [2.75, 3.05) is 12.4 Å². The minimum absolute atomic E-state index is 0.0409. The Morgan fingerprint density at radius 1 is 1.44 bits per heavy atom. The highest BCUT2D eigenvalue weighted by atomic mass is 19.4. The van der Waals surface area contributed by atoms with Crippen LogP contribution in [0, 0.1) is 6.92 Å². The van der Waals surface area contributed by atoms with Crippen molar-refractivity contribution in [2.24, 2.45) is 0 Å². The van der Waals surface area contributed by atoms with Crippen LogP contribution in [0.4, 0.5) is 18.9 Å². The summed E-state index contributed by atoms with van der Waals surface area (Å²) in [6, 6.07) is 1.38. The number of anilines is 1.